The molecular weight excluding hydrogens is 352 g/mol. The highest BCUT2D eigenvalue weighted by Gasteiger charge is 2.34. The van der Waals surface area contributed by atoms with E-state index in [-0.39, 0.29) is 5.56 Å². The number of amides is 1. The average molecular weight is 364 g/mol. The van der Waals surface area contributed by atoms with Gasteiger partial charge < -0.3 is 9.73 Å². The second-order valence-electron chi connectivity index (χ2n) is 6.16. The maximum atomic E-state index is 13.3. The molecule has 0 atom stereocenters. The Morgan fingerprint density at radius 3 is 2.62 bits per heavy atom. The summed E-state index contributed by atoms with van der Waals surface area (Å²) in [7, 11) is 0. The van der Waals surface area contributed by atoms with Crippen LogP contribution in [0.5, 0.6) is 0 Å². The van der Waals surface area contributed by atoms with Gasteiger partial charge in [0.05, 0.1) is 5.56 Å². The van der Waals surface area contributed by atoms with Crippen molar-refractivity contribution in [3.8, 4) is 0 Å². The van der Waals surface area contributed by atoms with Gasteiger partial charge in [-0.3, -0.25) is 4.79 Å². The van der Waals surface area contributed by atoms with E-state index in [2.05, 4.69) is 10.3 Å². The number of fused-ring (bicyclic) bond motifs is 1. The van der Waals surface area contributed by atoms with Crippen LogP contribution in [0.15, 0.2) is 40.8 Å². The van der Waals surface area contributed by atoms with Crippen molar-refractivity contribution in [2.24, 2.45) is 0 Å². The fourth-order valence-corrected chi connectivity index (χ4v) is 2.61. The molecule has 1 heterocycles. The van der Waals surface area contributed by atoms with Crippen LogP contribution >= 0.6 is 0 Å². The van der Waals surface area contributed by atoms with Crippen LogP contribution in [0.4, 0.5) is 23.2 Å². The summed E-state index contributed by atoms with van der Waals surface area (Å²) >= 11 is 0. The van der Waals surface area contributed by atoms with E-state index in [0.717, 1.165) is 18.9 Å². The van der Waals surface area contributed by atoms with E-state index >= 15 is 0 Å². The van der Waals surface area contributed by atoms with Crippen LogP contribution in [0.3, 0.4) is 0 Å². The number of nitrogens with zero attached hydrogens (tertiary/aromatic N) is 1. The fourth-order valence-electron chi connectivity index (χ4n) is 2.61. The summed E-state index contributed by atoms with van der Waals surface area (Å²) in [5, 5.41) is 2.49. The highest BCUT2D eigenvalue weighted by atomic mass is 19.4. The van der Waals surface area contributed by atoms with Crippen molar-refractivity contribution in [1.82, 2.24) is 4.98 Å². The van der Waals surface area contributed by atoms with Gasteiger partial charge in [-0.2, -0.15) is 13.2 Å². The highest BCUT2D eigenvalue weighted by molar-refractivity contribution is 6.05. The number of hydrogen-bond acceptors (Lipinski definition) is 3. The molecule has 0 saturated heterocycles. The first-order valence-electron chi connectivity index (χ1n) is 7.90. The van der Waals surface area contributed by atoms with Gasteiger partial charge in [-0.05, 0) is 49.2 Å². The zero-order valence-electron chi connectivity index (χ0n) is 13.2. The number of hydrogen-bond donors (Lipinski definition) is 1. The van der Waals surface area contributed by atoms with Crippen LogP contribution in [-0.2, 0) is 6.18 Å². The number of nitrogens with one attached hydrogen (secondary N) is 1. The number of benzene rings is 2. The summed E-state index contributed by atoms with van der Waals surface area (Å²) in [5.41, 5.74) is -0.286. The molecule has 1 aromatic heterocycles. The molecule has 0 aliphatic heterocycles. The molecule has 2 aromatic carbocycles. The lowest BCUT2D eigenvalue weighted by molar-refractivity contribution is -0.140. The SMILES string of the molecule is O=C(Nc1ccc2oc(C3CC3)nc2c1)c1ccc(F)c(C(F)(F)F)c1. The molecule has 4 rings (SSSR count). The Bertz CT molecular complexity index is 1010. The van der Waals surface area contributed by atoms with E-state index in [1.165, 1.54) is 0 Å². The van der Waals surface area contributed by atoms with E-state index in [1.54, 1.807) is 18.2 Å². The standard InChI is InChI=1S/C18H12F4N2O2/c19-13-5-3-10(7-12(13)18(20,21)22)16(25)23-11-4-6-15-14(8-11)24-17(26-15)9-1-2-9/h3-9H,1-2H2,(H,23,25). The largest absolute Gasteiger partial charge is 0.440 e. The van der Waals surface area contributed by atoms with Gasteiger partial charge in [0.25, 0.3) is 5.91 Å². The number of carbonyl (C=O) groups excluding carboxylic acids is 1. The molecule has 1 fully saturated rings. The Morgan fingerprint density at radius 2 is 1.92 bits per heavy atom. The van der Waals surface area contributed by atoms with Crippen molar-refractivity contribution in [3.05, 3.63) is 59.2 Å². The lowest BCUT2D eigenvalue weighted by Gasteiger charge is -2.10. The molecule has 4 nitrogen and oxygen atoms in total. The number of alkyl halides is 3. The van der Waals surface area contributed by atoms with Crippen LogP contribution in [0.2, 0.25) is 0 Å². The monoisotopic (exact) mass is 364 g/mol. The fraction of sp³-hybridized carbons (Fsp3) is 0.222. The molecule has 134 valence electrons. The van der Waals surface area contributed by atoms with Crippen molar-refractivity contribution < 1.29 is 26.8 Å². The first-order valence-corrected chi connectivity index (χ1v) is 7.90. The molecule has 26 heavy (non-hydrogen) atoms. The second-order valence-corrected chi connectivity index (χ2v) is 6.16. The number of rotatable bonds is 3. The number of aromatic nitrogens is 1. The van der Waals surface area contributed by atoms with E-state index in [1.807, 2.05) is 0 Å². The van der Waals surface area contributed by atoms with Crippen molar-refractivity contribution in [2.75, 3.05) is 5.32 Å². The maximum Gasteiger partial charge on any atom is 0.419 e. The van der Waals surface area contributed by atoms with Crippen LogP contribution in [0.1, 0.15) is 40.6 Å². The van der Waals surface area contributed by atoms with Crippen LogP contribution in [0, 0.1) is 5.82 Å². The van der Waals surface area contributed by atoms with Gasteiger partial charge in [0.15, 0.2) is 11.5 Å². The summed E-state index contributed by atoms with van der Waals surface area (Å²) in [6.07, 6.45) is -2.82. The van der Waals surface area contributed by atoms with Gasteiger partial charge >= 0.3 is 6.18 Å². The minimum Gasteiger partial charge on any atom is -0.440 e. The molecule has 1 saturated carbocycles. The second kappa shape index (κ2) is 5.82. The topological polar surface area (TPSA) is 55.1 Å². The van der Waals surface area contributed by atoms with Gasteiger partial charge in [0, 0.05) is 17.2 Å². The Labute approximate surface area is 144 Å². The van der Waals surface area contributed by atoms with Gasteiger partial charge in [-0.25, -0.2) is 9.37 Å². The normalized spacial score (nSPS) is 14.6. The maximum absolute atomic E-state index is 13.3. The summed E-state index contributed by atoms with van der Waals surface area (Å²) in [4.78, 5) is 16.6. The number of oxazole rings is 1. The van der Waals surface area contributed by atoms with Gasteiger partial charge in [0.1, 0.15) is 11.3 Å². The number of halogens is 4. The summed E-state index contributed by atoms with van der Waals surface area (Å²) < 4.78 is 57.3. The van der Waals surface area contributed by atoms with Gasteiger partial charge in [-0.1, -0.05) is 0 Å². The lowest BCUT2D eigenvalue weighted by Crippen LogP contribution is -2.15. The first kappa shape index (κ1) is 16.6. The third-order valence-corrected chi connectivity index (χ3v) is 4.12. The minimum absolute atomic E-state index is 0.294. The lowest BCUT2D eigenvalue weighted by atomic mass is 10.1. The first-order chi connectivity index (χ1) is 12.3. The third kappa shape index (κ3) is 3.14. The smallest absolute Gasteiger partial charge is 0.419 e. The Balaban J connectivity index is 1.58. The van der Waals surface area contributed by atoms with Gasteiger partial charge in [0.2, 0.25) is 0 Å². The van der Waals surface area contributed by atoms with Crippen molar-refractivity contribution in [2.45, 2.75) is 24.9 Å². The van der Waals surface area contributed by atoms with Crippen molar-refractivity contribution >= 4 is 22.7 Å². The highest BCUT2D eigenvalue weighted by Crippen LogP contribution is 2.40. The van der Waals surface area contributed by atoms with Gasteiger partial charge in [-0.15, -0.1) is 0 Å². The molecule has 0 radical (unpaired) electrons. The van der Waals surface area contributed by atoms with Crippen molar-refractivity contribution in [1.29, 1.82) is 0 Å². The average Bonchev–Trinajstić information content (AvgIpc) is 3.34. The van der Waals surface area contributed by atoms with E-state index in [9.17, 15) is 22.4 Å². The summed E-state index contributed by atoms with van der Waals surface area (Å²) in [6.45, 7) is 0. The van der Waals surface area contributed by atoms with Crippen LogP contribution in [0.25, 0.3) is 11.1 Å². The quantitative estimate of drug-likeness (QED) is 0.657. The molecule has 1 amide bonds. The zero-order chi connectivity index (χ0) is 18.5. The molecular formula is C18H12F4N2O2. The molecule has 0 spiro atoms. The van der Waals surface area contributed by atoms with Crippen LogP contribution < -0.4 is 5.32 Å². The third-order valence-electron chi connectivity index (χ3n) is 4.12. The number of anilines is 1. The molecule has 0 unspecified atom stereocenters. The predicted molar refractivity (Wildman–Crippen MR) is 85.3 cm³/mol. The summed E-state index contributed by atoms with van der Waals surface area (Å²) in [5.74, 6) is -1.22. The Morgan fingerprint density at radius 1 is 1.15 bits per heavy atom. The Kier molecular flexibility index (Phi) is 3.71. The molecule has 3 aromatic rings. The van der Waals surface area contributed by atoms with Crippen molar-refractivity contribution in [3.63, 3.8) is 0 Å². The molecule has 1 aliphatic rings. The Hall–Kier alpha value is -2.90. The minimum atomic E-state index is -4.88. The zero-order valence-corrected chi connectivity index (χ0v) is 13.2. The molecule has 0 bridgehead atoms. The number of carbonyl (C=O) groups is 1. The van der Waals surface area contributed by atoms with E-state index < -0.39 is 23.5 Å². The molecule has 8 heteroatoms. The summed E-state index contributed by atoms with van der Waals surface area (Å²) in [6, 6.07) is 6.90. The van der Waals surface area contributed by atoms with E-state index in [0.29, 0.717) is 40.7 Å². The predicted octanol–water partition coefficient (Wildman–Crippen LogP) is 5.12. The van der Waals surface area contributed by atoms with Crippen LogP contribution in [-0.4, -0.2) is 10.9 Å². The van der Waals surface area contributed by atoms with E-state index in [4.69, 9.17) is 4.42 Å². The molecule has 1 N–H and O–H groups in total. The molecule has 1 aliphatic carbocycles.